The number of nitrogens with one attached hydrogen (secondary N) is 1. The quantitative estimate of drug-likeness (QED) is 0.608. The van der Waals surface area contributed by atoms with Crippen molar-refractivity contribution in [1.29, 1.82) is 0 Å². The van der Waals surface area contributed by atoms with E-state index in [1.165, 1.54) is 0 Å². The summed E-state index contributed by atoms with van der Waals surface area (Å²) < 4.78 is 2.12. The van der Waals surface area contributed by atoms with E-state index in [1.54, 1.807) is 12.1 Å². The highest BCUT2D eigenvalue weighted by atomic mass is 16.1. The summed E-state index contributed by atoms with van der Waals surface area (Å²) in [5.41, 5.74) is 8.73. The van der Waals surface area contributed by atoms with Gasteiger partial charge >= 0.3 is 0 Å². The van der Waals surface area contributed by atoms with E-state index in [0.29, 0.717) is 5.56 Å². The lowest BCUT2D eigenvalue weighted by molar-refractivity contribution is 0.100. The molecule has 1 amide bonds. The Labute approximate surface area is 126 Å². The Balaban J connectivity index is 2.10. The van der Waals surface area contributed by atoms with Crippen molar-refractivity contribution >= 4 is 38.6 Å². The van der Waals surface area contributed by atoms with Gasteiger partial charge in [-0.3, -0.25) is 9.48 Å². The third-order valence-electron chi connectivity index (χ3n) is 4.08. The molecule has 0 unspecified atom stereocenters. The molecule has 4 aromatic rings. The Morgan fingerprint density at radius 2 is 2.09 bits per heavy atom. The molecule has 0 bridgehead atoms. The number of primary amides is 1. The minimum Gasteiger partial charge on any atom is -0.366 e. The molecule has 2 aromatic carbocycles. The van der Waals surface area contributed by atoms with E-state index in [1.807, 2.05) is 12.3 Å². The van der Waals surface area contributed by atoms with Crippen LogP contribution in [0.15, 0.2) is 36.5 Å². The average Bonchev–Trinajstić information content (AvgIpc) is 3.07. The molecule has 0 aliphatic heterocycles. The number of aromatic nitrogens is 3. The molecule has 0 radical (unpaired) electrons. The zero-order valence-electron chi connectivity index (χ0n) is 12.3. The molecule has 0 aliphatic carbocycles. The van der Waals surface area contributed by atoms with Crippen molar-refractivity contribution in [1.82, 2.24) is 14.8 Å². The van der Waals surface area contributed by atoms with Crippen molar-refractivity contribution in [3.63, 3.8) is 0 Å². The molecule has 3 N–H and O–H groups in total. The van der Waals surface area contributed by atoms with Crippen molar-refractivity contribution < 1.29 is 4.79 Å². The van der Waals surface area contributed by atoms with Gasteiger partial charge < -0.3 is 10.8 Å². The van der Waals surface area contributed by atoms with Gasteiger partial charge in [0.05, 0.1) is 16.6 Å². The number of carbonyl (C=O) groups is 1. The van der Waals surface area contributed by atoms with E-state index >= 15 is 0 Å². The van der Waals surface area contributed by atoms with Crippen LogP contribution in [-0.4, -0.2) is 20.7 Å². The summed E-state index contributed by atoms with van der Waals surface area (Å²) in [5, 5.41) is 6.57. The maximum atomic E-state index is 11.4. The molecule has 0 atom stereocenters. The van der Waals surface area contributed by atoms with Crippen LogP contribution in [0.2, 0.25) is 0 Å². The lowest BCUT2D eigenvalue weighted by Crippen LogP contribution is -2.10. The van der Waals surface area contributed by atoms with E-state index in [-0.39, 0.29) is 0 Å². The third-order valence-corrected chi connectivity index (χ3v) is 4.08. The second kappa shape index (κ2) is 4.59. The van der Waals surface area contributed by atoms with Crippen LogP contribution in [0.3, 0.4) is 0 Å². The van der Waals surface area contributed by atoms with Crippen molar-refractivity contribution in [2.45, 2.75) is 19.9 Å². The Bertz CT molecular complexity index is 1030. The summed E-state index contributed by atoms with van der Waals surface area (Å²) in [6, 6.07) is 9.63. The Morgan fingerprint density at radius 3 is 2.86 bits per heavy atom. The van der Waals surface area contributed by atoms with Gasteiger partial charge in [-0.15, -0.1) is 0 Å². The van der Waals surface area contributed by atoms with Gasteiger partial charge in [-0.05, 0) is 18.6 Å². The molecule has 2 heterocycles. The number of H-pyrrole nitrogens is 1. The highest BCUT2D eigenvalue weighted by Crippen LogP contribution is 2.31. The van der Waals surface area contributed by atoms with Gasteiger partial charge in [0.1, 0.15) is 0 Å². The second-order valence-corrected chi connectivity index (χ2v) is 5.53. The zero-order chi connectivity index (χ0) is 15.3. The van der Waals surface area contributed by atoms with Gasteiger partial charge in [0.2, 0.25) is 5.91 Å². The smallest absolute Gasteiger partial charge is 0.248 e. The molecule has 110 valence electrons. The van der Waals surface area contributed by atoms with Crippen LogP contribution in [0.5, 0.6) is 0 Å². The Hall–Kier alpha value is -2.82. The number of carbonyl (C=O) groups excluding carboxylic acids is 1. The van der Waals surface area contributed by atoms with Crippen LogP contribution < -0.4 is 5.73 Å². The maximum absolute atomic E-state index is 11.4. The first-order valence-corrected chi connectivity index (χ1v) is 7.39. The average molecular weight is 292 g/mol. The normalized spacial score (nSPS) is 11.7. The van der Waals surface area contributed by atoms with Crippen LogP contribution in [0, 0.1) is 0 Å². The molecular formula is C17H16N4O. The van der Waals surface area contributed by atoms with E-state index in [0.717, 1.165) is 45.7 Å². The lowest BCUT2D eigenvalue weighted by Gasteiger charge is -2.02. The number of benzene rings is 2. The van der Waals surface area contributed by atoms with E-state index in [9.17, 15) is 4.79 Å². The Morgan fingerprint density at radius 1 is 1.27 bits per heavy atom. The lowest BCUT2D eigenvalue weighted by atomic mass is 10.1. The number of aryl methyl sites for hydroxylation is 1. The number of hydrogen-bond donors (Lipinski definition) is 2. The zero-order valence-corrected chi connectivity index (χ0v) is 12.3. The van der Waals surface area contributed by atoms with Gasteiger partial charge in [-0.1, -0.05) is 25.1 Å². The SMILES string of the molecule is CCCn1[nH]cc2ccc3c4ccc(C(N)=O)cc4nc3c21. The molecule has 0 aliphatic rings. The number of rotatable bonds is 3. The first-order chi connectivity index (χ1) is 10.7. The fraction of sp³-hybridized carbons (Fsp3) is 0.176. The van der Waals surface area contributed by atoms with E-state index in [4.69, 9.17) is 10.7 Å². The summed E-state index contributed by atoms with van der Waals surface area (Å²) in [4.78, 5) is 16.1. The number of hydrogen-bond acceptors (Lipinski definition) is 2. The molecule has 5 nitrogen and oxygen atoms in total. The van der Waals surface area contributed by atoms with Crippen molar-refractivity contribution in [2.24, 2.45) is 5.73 Å². The minimum absolute atomic E-state index is 0.429. The molecule has 22 heavy (non-hydrogen) atoms. The second-order valence-electron chi connectivity index (χ2n) is 5.53. The van der Waals surface area contributed by atoms with Crippen LogP contribution in [-0.2, 0) is 6.54 Å². The van der Waals surface area contributed by atoms with Crippen LogP contribution in [0.4, 0.5) is 0 Å². The molecule has 0 saturated heterocycles. The summed E-state index contributed by atoms with van der Waals surface area (Å²) in [6.45, 7) is 3.06. The highest BCUT2D eigenvalue weighted by molar-refractivity contribution is 6.16. The largest absolute Gasteiger partial charge is 0.366 e. The van der Waals surface area contributed by atoms with Gasteiger partial charge in [0.15, 0.2) is 0 Å². The van der Waals surface area contributed by atoms with Crippen LogP contribution >= 0.6 is 0 Å². The molecule has 0 saturated carbocycles. The summed E-state index contributed by atoms with van der Waals surface area (Å²) in [6.07, 6.45) is 3.04. The topological polar surface area (TPSA) is 76.7 Å². The molecule has 0 spiro atoms. The third kappa shape index (κ3) is 1.72. The van der Waals surface area contributed by atoms with Gasteiger partial charge in [-0.2, -0.15) is 0 Å². The number of nitrogens with zero attached hydrogens (tertiary/aromatic N) is 2. The van der Waals surface area contributed by atoms with Crippen LogP contribution in [0.1, 0.15) is 23.7 Å². The fourth-order valence-electron chi connectivity index (χ4n) is 3.06. The number of amides is 1. The summed E-state index contributed by atoms with van der Waals surface area (Å²) >= 11 is 0. The fourth-order valence-corrected chi connectivity index (χ4v) is 3.06. The Kier molecular flexibility index (Phi) is 2.69. The monoisotopic (exact) mass is 292 g/mol. The standard InChI is InChI=1S/C17H16N4O/c1-2-7-21-16-11(9-19-21)4-6-13-12-5-3-10(17(18)22)8-14(12)20-15(13)16/h3-6,8-9,19H,2,7H2,1H3,(H2,18,22). The maximum Gasteiger partial charge on any atom is 0.248 e. The minimum atomic E-state index is -0.429. The van der Waals surface area contributed by atoms with Gasteiger partial charge in [0.25, 0.3) is 0 Å². The van der Waals surface area contributed by atoms with Crippen LogP contribution in [0.25, 0.3) is 32.7 Å². The van der Waals surface area contributed by atoms with Gasteiger partial charge in [0, 0.05) is 34.5 Å². The molecular weight excluding hydrogens is 276 g/mol. The van der Waals surface area contributed by atoms with E-state index in [2.05, 4.69) is 28.8 Å². The van der Waals surface area contributed by atoms with Crippen molar-refractivity contribution in [2.75, 3.05) is 0 Å². The van der Waals surface area contributed by atoms with Crippen molar-refractivity contribution in [3.05, 3.63) is 42.1 Å². The predicted octanol–water partition coefficient (Wildman–Crippen LogP) is 3.18. The summed E-state index contributed by atoms with van der Waals surface area (Å²) in [5.74, 6) is -0.429. The first-order valence-electron chi connectivity index (χ1n) is 7.39. The number of nitrogens with two attached hydrogens (primary N) is 1. The van der Waals surface area contributed by atoms with Crippen molar-refractivity contribution in [3.8, 4) is 0 Å². The molecule has 0 fully saturated rings. The molecule has 4 rings (SSSR count). The predicted molar refractivity (Wildman–Crippen MR) is 87.9 cm³/mol. The molecule has 5 heteroatoms. The first kappa shape index (κ1) is 12.9. The summed E-state index contributed by atoms with van der Waals surface area (Å²) in [7, 11) is 0. The van der Waals surface area contributed by atoms with E-state index < -0.39 is 5.91 Å². The highest BCUT2D eigenvalue weighted by Gasteiger charge is 2.13. The number of fused-ring (bicyclic) bond motifs is 5. The number of aromatic amines is 1. The van der Waals surface area contributed by atoms with Gasteiger partial charge in [-0.25, -0.2) is 4.98 Å². The molecule has 2 aromatic heterocycles.